The van der Waals surface area contributed by atoms with Crippen LogP contribution in [-0.4, -0.2) is 13.1 Å². The van der Waals surface area contributed by atoms with Gasteiger partial charge >= 0.3 is 0 Å². The Morgan fingerprint density at radius 2 is 1.65 bits per heavy atom. The summed E-state index contributed by atoms with van der Waals surface area (Å²) in [5.74, 6) is 2.17. The van der Waals surface area contributed by atoms with Crippen LogP contribution in [0.25, 0.3) is 12.2 Å². The van der Waals surface area contributed by atoms with E-state index in [0.717, 1.165) is 48.1 Å². The first kappa shape index (κ1) is 24.8. The van der Waals surface area contributed by atoms with E-state index in [9.17, 15) is 0 Å². The van der Waals surface area contributed by atoms with Crippen molar-refractivity contribution in [2.24, 2.45) is 0 Å². The number of benzene rings is 3. The topological polar surface area (TPSA) is 12.5 Å². The van der Waals surface area contributed by atoms with Crippen LogP contribution in [0.15, 0.2) is 40.9 Å². The first-order valence-electron chi connectivity index (χ1n) is 14.4. The molecule has 3 aliphatic rings. The van der Waals surface area contributed by atoms with E-state index in [1.807, 2.05) is 0 Å². The highest BCUT2D eigenvalue weighted by Gasteiger charge is 2.33. The molecule has 0 radical (unpaired) electrons. The molecule has 3 aromatic rings. The fourth-order valence-electron chi connectivity index (χ4n) is 6.64. The highest BCUT2D eigenvalue weighted by atomic mass is 79.9. The smallest absolute Gasteiger partial charge is 0.140 e. The maximum Gasteiger partial charge on any atom is 0.140 e. The molecule has 0 saturated heterocycles. The van der Waals surface area contributed by atoms with Gasteiger partial charge in [-0.1, -0.05) is 61.3 Å². The van der Waals surface area contributed by atoms with Gasteiger partial charge in [0.05, 0.1) is 0 Å². The summed E-state index contributed by atoms with van der Waals surface area (Å²) in [7, 11) is 0. The normalized spacial score (nSPS) is 15.6. The second-order valence-electron chi connectivity index (χ2n) is 11.0. The lowest BCUT2D eigenvalue weighted by Gasteiger charge is -2.39. The number of unbranched alkanes of at least 4 members (excludes halogenated alkanes) is 2. The zero-order chi connectivity index (χ0) is 25.5. The van der Waals surface area contributed by atoms with E-state index in [-0.39, 0.29) is 0 Å². The molecular formula is C34H38BrNO. The third kappa shape index (κ3) is 4.34. The van der Waals surface area contributed by atoms with Crippen molar-refractivity contribution < 1.29 is 4.74 Å². The van der Waals surface area contributed by atoms with Crippen molar-refractivity contribution in [3.05, 3.63) is 84.7 Å². The van der Waals surface area contributed by atoms with Crippen LogP contribution in [0.3, 0.4) is 0 Å². The van der Waals surface area contributed by atoms with Crippen LogP contribution < -0.4 is 20.1 Å². The molecule has 0 N–H and O–H groups in total. The van der Waals surface area contributed by atoms with Crippen LogP contribution >= 0.6 is 15.9 Å². The van der Waals surface area contributed by atoms with Crippen LogP contribution in [0.2, 0.25) is 0 Å². The lowest BCUT2D eigenvalue weighted by Crippen LogP contribution is -2.35. The molecule has 3 aromatic carbocycles. The fourth-order valence-corrected chi connectivity index (χ4v) is 6.90. The maximum absolute atomic E-state index is 7.09. The van der Waals surface area contributed by atoms with Gasteiger partial charge in [-0.15, -0.1) is 0 Å². The number of hydrogen-bond acceptors (Lipinski definition) is 2. The summed E-state index contributed by atoms with van der Waals surface area (Å²) >= 11 is 3.66. The van der Waals surface area contributed by atoms with Crippen LogP contribution in [0, 0.1) is 0 Å². The predicted octanol–water partition coefficient (Wildman–Crippen LogP) is 7.60. The van der Waals surface area contributed by atoms with E-state index in [4.69, 9.17) is 4.74 Å². The molecule has 0 fully saturated rings. The number of nitrogens with zero attached hydrogens (tertiary/aromatic N) is 1. The van der Waals surface area contributed by atoms with E-state index in [1.54, 1.807) is 0 Å². The zero-order valence-electron chi connectivity index (χ0n) is 22.4. The van der Waals surface area contributed by atoms with Crippen molar-refractivity contribution in [2.75, 3.05) is 18.0 Å². The summed E-state index contributed by atoms with van der Waals surface area (Å²) in [6, 6.07) is 13.8. The molecule has 192 valence electrons. The molecular weight excluding hydrogens is 518 g/mol. The second-order valence-corrected chi connectivity index (χ2v) is 11.9. The minimum Gasteiger partial charge on any atom is -0.455 e. The van der Waals surface area contributed by atoms with Crippen molar-refractivity contribution in [1.29, 1.82) is 0 Å². The molecule has 0 amide bonds. The Kier molecular flexibility index (Phi) is 6.92. The minimum atomic E-state index is 1.02. The van der Waals surface area contributed by atoms with E-state index < -0.39 is 0 Å². The van der Waals surface area contributed by atoms with Crippen molar-refractivity contribution in [2.45, 2.75) is 78.1 Å². The molecule has 3 heteroatoms. The van der Waals surface area contributed by atoms with Gasteiger partial charge in [0.15, 0.2) is 0 Å². The van der Waals surface area contributed by atoms with Gasteiger partial charge in [-0.2, -0.15) is 0 Å². The molecule has 37 heavy (non-hydrogen) atoms. The Morgan fingerprint density at radius 3 is 2.41 bits per heavy atom. The molecule has 0 bridgehead atoms. The lowest BCUT2D eigenvalue weighted by atomic mass is 9.83. The van der Waals surface area contributed by atoms with Crippen molar-refractivity contribution in [3.63, 3.8) is 0 Å². The van der Waals surface area contributed by atoms with Gasteiger partial charge in [0, 0.05) is 50.7 Å². The molecule has 0 unspecified atom stereocenters. The van der Waals surface area contributed by atoms with Gasteiger partial charge in [-0.3, -0.25) is 0 Å². The standard InChI is InChI=1S/C34H38BrNO/c1-4-6-10-24-20-29-31(23-14-16-26(35)17-15-23)30-21-25-11-8-18-36-19-9-13-28(32(25)36)34(30)37-33(29)27(22(24)3)12-7-5-2/h14-17,20-21H,3-13,18-19H2,1-2H3. The van der Waals surface area contributed by atoms with Gasteiger partial charge in [0.2, 0.25) is 0 Å². The molecule has 0 aromatic heterocycles. The number of rotatable bonds is 7. The van der Waals surface area contributed by atoms with Crippen LogP contribution in [0.5, 0.6) is 11.5 Å². The number of halogens is 1. The average Bonchev–Trinajstić information content (AvgIpc) is 2.92. The number of ether oxygens (including phenoxy) is 1. The van der Waals surface area contributed by atoms with Gasteiger partial charge in [-0.05, 0) is 97.5 Å². The molecule has 0 aliphatic carbocycles. The quantitative estimate of drug-likeness (QED) is 0.233. The van der Waals surface area contributed by atoms with E-state index in [1.165, 1.54) is 100 Å². The van der Waals surface area contributed by atoms with Crippen molar-refractivity contribution in [3.8, 4) is 11.5 Å². The Labute approximate surface area is 230 Å². The van der Waals surface area contributed by atoms with E-state index in [0.29, 0.717) is 0 Å². The van der Waals surface area contributed by atoms with Crippen molar-refractivity contribution in [1.82, 2.24) is 0 Å². The maximum atomic E-state index is 7.09. The number of fused-ring (bicyclic) bond motifs is 3. The molecule has 6 rings (SSSR count). The number of aryl methyl sites for hydroxylation is 2. The third-order valence-electron chi connectivity index (χ3n) is 8.52. The Balaban J connectivity index is 1.70. The fraction of sp³-hybridized carbons (Fsp3) is 0.412. The predicted molar refractivity (Wildman–Crippen MR) is 160 cm³/mol. The summed E-state index contributed by atoms with van der Waals surface area (Å²) in [6.07, 6.45) is 11.5. The number of hydrogen-bond donors (Lipinski definition) is 0. The first-order chi connectivity index (χ1) is 18.1. The zero-order valence-corrected chi connectivity index (χ0v) is 24.0. The highest BCUT2D eigenvalue weighted by molar-refractivity contribution is 9.10. The molecule has 3 heterocycles. The van der Waals surface area contributed by atoms with E-state index >= 15 is 0 Å². The molecule has 0 atom stereocenters. The molecule has 3 aliphatic heterocycles. The molecule has 0 spiro atoms. The minimum absolute atomic E-state index is 1.02. The lowest BCUT2D eigenvalue weighted by molar-refractivity contribution is 0.453. The molecule has 2 nitrogen and oxygen atoms in total. The van der Waals surface area contributed by atoms with Crippen molar-refractivity contribution >= 4 is 33.8 Å². The van der Waals surface area contributed by atoms with E-state index in [2.05, 4.69) is 77.7 Å². The summed E-state index contributed by atoms with van der Waals surface area (Å²) < 4.78 is 8.21. The summed E-state index contributed by atoms with van der Waals surface area (Å²) in [5.41, 5.74) is 11.0. The monoisotopic (exact) mass is 555 g/mol. The largest absolute Gasteiger partial charge is 0.455 e. The van der Waals surface area contributed by atoms with Gasteiger partial charge in [0.1, 0.15) is 11.5 Å². The van der Waals surface area contributed by atoms with Crippen LogP contribution in [0.1, 0.15) is 85.8 Å². The summed E-state index contributed by atoms with van der Waals surface area (Å²) in [6.45, 7) is 11.5. The Morgan fingerprint density at radius 1 is 0.919 bits per heavy atom. The summed E-state index contributed by atoms with van der Waals surface area (Å²) in [4.78, 5) is 2.62. The Hall–Kier alpha value is -2.52. The SMILES string of the molecule is C=c1c(CCCC)cc2c(c1CCCC)Oc1c(cc3c4c1CCCN4CCC3)C=2c1ccc(Br)cc1. The van der Waals surface area contributed by atoms with Gasteiger partial charge in [-0.25, -0.2) is 0 Å². The van der Waals surface area contributed by atoms with Crippen LogP contribution in [-0.2, 0) is 25.7 Å². The van der Waals surface area contributed by atoms with Gasteiger partial charge in [0.25, 0.3) is 0 Å². The highest BCUT2D eigenvalue weighted by Crippen LogP contribution is 2.48. The first-order valence-corrected chi connectivity index (χ1v) is 15.2. The average molecular weight is 557 g/mol. The second kappa shape index (κ2) is 10.3. The Bertz CT molecular complexity index is 1450. The number of anilines is 1. The van der Waals surface area contributed by atoms with Crippen LogP contribution in [0.4, 0.5) is 5.69 Å². The summed E-state index contributed by atoms with van der Waals surface area (Å²) in [5, 5.41) is 2.46. The molecule has 0 saturated carbocycles. The third-order valence-corrected chi connectivity index (χ3v) is 9.05. The van der Waals surface area contributed by atoms with Gasteiger partial charge < -0.3 is 9.64 Å².